The Morgan fingerprint density at radius 1 is 1.25 bits per heavy atom. The van der Waals surface area contributed by atoms with Gasteiger partial charge in [-0.1, -0.05) is 0 Å². The van der Waals surface area contributed by atoms with Crippen molar-refractivity contribution in [3.8, 4) is 0 Å². The zero-order valence-electron chi connectivity index (χ0n) is 10.0. The molecule has 16 heavy (non-hydrogen) atoms. The van der Waals surface area contributed by atoms with Crippen molar-refractivity contribution in [3.05, 3.63) is 0 Å². The lowest BCUT2D eigenvalue weighted by Crippen LogP contribution is -2.56. The molecule has 1 heterocycles. The summed E-state index contributed by atoms with van der Waals surface area (Å²) in [6.45, 7) is 7.55. The van der Waals surface area contributed by atoms with Gasteiger partial charge in [-0.25, -0.2) is 0 Å². The van der Waals surface area contributed by atoms with Crippen molar-refractivity contribution in [1.82, 2.24) is 21.1 Å². The summed E-state index contributed by atoms with van der Waals surface area (Å²) in [5.74, 6) is -0.452. The van der Waals surface area contributed by atoms with E-state index in [1.54, 1.807) is 0 Å². The predicted octanol–water partition coefficient (Wildman–Crippen LogP) is -1.16. The summed E-state index contributed by atoms with van der Waals surface area (Å²) in [7, 11) is 0. The molecule has 92 valence electrons. The van der Waals surface area contributed by atoms with Crippen molar-refractivity contribution < 1.29 is 9.59 Å². The van der Waals surface area contributed by atoms with Crippen LogP contribution in [0.4, 0.5) is 0 Å². The minimum absolute atomic E-state index is 0.184. The summed E-state index contributed by atoms with van der Waals surface area (Å²) in [5, 5.41) is 3.39. The zero-order valence-corrected chi connectivity index (χ0v) is 10.0. The molecule has 0 aromatic heterocycles. The lowest BCUT2D eigenvalue weighted by Gasteiger charge is -2.35. The number of rotatable bonds is 2. The van der Waals surface area contributed by atoms with Crippen LogP contribution in [0.15, 0.2) is 0 Å². The molecule has 2 amide bonds. The molecule has 0 saturated carbocycles. The highest BCUT2D eigenvalue weighted by Crippen LogP contribution is 2.02. The van der Waals surface area contributed by atoms with E-state index >= 15 is 0 Å². The van der Waals surface area contributed by atoms with Crippen LogP contribution in [0.5, 0.6) is 0 Å². The minimum atomic E-state index is -0.268. The molecule has 1 aliphatic rings. The molecule has 0 radical (unpaired) electrons. The van der Waals surface area contributed by atoms with E-state index in [-0.39, 0.29) is 11.8 Å². The van der Waals surface area contributed by atoms with Crippen LogP contribution in [0.3, 0.4) is 0 Å². The molecule has 1 aliphatic heterocycles. The minimum Gasteiger partial charge on any atom is -0.309 e. The van der Waals surface area contributed by atoms with E-state index in [1.807, 2.05) is 0 Å². The molecule has 2 atom stereocenters. The number of nitrogens with zero attached hydrogens (tertiary/aromatic N) is 1. The molecule has 3 N–H and O–H groups in total. The Morgan fingerprint density at radius 2 is 1.81 bits per heavy atom. The van der Waals surface area contributed by atoms with Gasteiger partial charge >= 0.3 is 0 Å². The van der Waals surface area contributed by atoms with Gasteiger partial charge in [0.25, 0.3) is 5.91 Å². The zero-order chi connectivity index (χ0) is 12.1. The highest BCUT2D eigenvalue weighted by Gasteiger charge is 2.22. The average Bonchev–Trinajstić information content (AvgIpc) is 2.12. The quantitative estimate of drug-likeness (QED) is 0.521. The fourth-order valence-corrected chi connectivity index (χ4v) is 1.97. The van der Waals surface area contributed by atoms with E-state index in [0.29, 0.717) is 18.6 Å². The molecule has 1 fully saturated rings. The standard InChI is InChI=1S/C10H20N4O2/c1-7-4-14(5-8(2)11-7)6-10(16)13-12-9(3)15/h7-8,11H,4-6H2,1-3H3,(H,12,15)(H,13,16). The van der Waals surface area contributed by atoms with Gasteiger partial charge in [0.1, 0.15) is 0 Å². The fourth-order valence-electron chi connectivity index (χ4n) is 1.97. The molecule has 2 unspecified atom stereocenters. The van der Waals surface area contributed by atoms with Gasteiger partial charge in [-0.15, -0.1) is 0 Å². The Labute approximate surface area is 95.7 Å². The van der Waals surface area contributed by atoms with Crippen LogP contribution in [-0.4, -0.2) is 48.4 Å². The van der Waals surface area contributed by atoms with Gasteiger partial charge in [0.15, 0.2) is 0 Å². The topological polar surface area (TPSA) is 73.5 Å². The van der Waals surface area contributed by atoms with Crippen LogP contribution < -0.4 is 16.2 Å². The van der Waals surface area contributed by atoms with Crippen molar-refractivity contribution in [2.75, 3.05) is 19.6 Å². The molecule has 6 heteroatoms. The van der Waals surface area contributed by atoms with Gasteiger partial charge in [0.05, 0.1) is 6.54 Å². The largest absolute Gasteiger partial charge is 0.309 e. The Balaban J connectivity index is 2.30. The second-order valence-corrected chi connectivity index (χ2v) is 4.39. The molecule has 1 rings (SSSR count). The first kappa shape index (κ1) is 12.9. The van der Waals surface area contributed by atoms with Gasteiger partial charge in [-0.3, -0.25) is 25.3 Å². The summed E-state index contributed by atoms with van der Waals surface area (Å²) in [6.07, 6.45) is 0. The molecule has 0 aromatic rings. The molecular formula is C10H20N4O2. The van der Waals surface area contributed by atoms with Crippen LogP contribution in [-0.2, 0) is 9.59 Å². The lowest BCUT2D eigenvalue weighted by molar-refractivity contribution is -0.128. The molecular weight excluding hydrogens is 208 g/mol. The molecule has 0 aliphatic carbocycles. The van der Waals surface area contributed by atoms with Crippen LogP contribution in [0, 0.1) is 0 Å². The maximum atomic E-state index is 11.4. The molecule has 6 nitrogen and oxygen atoms in total. The van der Waals surface area contributed by atoms with Crippen molar-refractivity contribution in [3.63, 3.8) is 0 Å². The normalized spacial score (nSPS) is 26.2. The number of hydrazine groups is 1. The van der Waals surface area contributed by atoms with E-state index < -0.39 is 0 Å². The second kappa shape index (κ2) is 5.81. The van der Waals surface area contributed by atoms with E-state index in [4.69, 9.17) is 0 Å². The Bertz CT molecular complexity index is 260. The first-order valence-electron chi connectivity index (χ1n) is 5.51. The van der Waals surface area contributed by atoms with Crippen molar-refractivity contribution >= 4 is 11.8 Å². The number of hydrogen-bond acceptors (Lipinski definition) is 4. The first-order valence-corrected chi connectivity index (χ1v) is 5.51. The third kappa shape index (κ3) is 4.59. The van der Waals surface area contributed by atoms with Crippen LogP contribution in [0.1, 0.15) is 20.8 Å². The van der Waals surface area contributed by atoms with E-state index in [2.05, 4.69) is 34.9 Å². The van der Waals surface area contributed by atoms with Gasteiger partial charge in [0, 0.05) is 32.1 Å². The van der Waals surface area contributed by atoms with Crippen molar-refractivity contribution in [1.29, 1.82) is 0 Å². The number of amides is 2. The van der Waals surface area contributed by atoms with E-state index in [0.717, 1.165) is 13.1 Å². The van der Waals surface area contributed by atoms with Gasteiger partial charge in [-0.2, -0.15) is 0 Å². The van der Waals surface area contributed by atoms with Crippen LogP contribution in [0.2, 0.25) is 0 Å². The Morgan fingerprint density at radius 3 is 2.31 bits per heavy atom. The SMILES string of the molecule is CC(=O)NNC(=O)CN1CC(C)NC(C)C1. The number of hydrogen-bond donors (Lipinski definition) is 3. The highest BCUT2D eigenvalue weighted by molar-refractivity contribution is 5.81. The molecule has 0 aromatic carbocycles. The Hall–Kier alpha value is -1.14. The third-order valence-corrected chi connectivity index (χ3v) is 2.38. The second-order valence-electron chi connectivity index (χ2n) is 4.39. The lowest BCUT2D eigenvalue weighted by atomic mass is 10.1. The molecule has 0 spiro atoms. The average molecular weight is 228 g/mol. The smallest absolute Gasteiger partial charge is 0.252 e. The maximum Gasteiger partial charge on any atom is 0.252 e. The molecule has 0 bridgehead atoms. The summed E-state index contributed by atoms with van der Waals surface area (Å²) >= 11 is 0. The number of carbonyl (C=O) groups excluding carboxylic acids is 2. The summed E-state index contributed by atoms with van der Waals surface area (Å²) in [6, 6.07) is 0.773. The fraction of sp³-hybridized carbons (Fsp3) is 0.800. The van der Waals surface area contributed by atoms with Gasteiger partial charge in [0.2, 0.25) is 5.91 Å². The monoisotopic (exact) mass is 228 g/mol. The molecule has 1 saturated heterocycles. The maximum absolute atomic E-state index is 11.4. The summed E-state index contributed by atoms with van der Waals surface area (Å²) in [4.78, 5) is 24.1. The predicted molar refractivity (Wildman–Crippen MR) is 60.5 cm³/mol. The van der Waals surface area contributed by atoms with Crippen molar-refractivity contribution in [2.24, 2.45) is 0 Å². The summed E-state index contributed by atoms with van der Waals surface area (Å²) < 4.78 is 0. The van der Waals surface area contributed by atoms with Crippen molar-refractivity contribution in [2.45, 2.75) is 32.9 Å². The number of piperazine rings is 1. The highest BCUT2D eigenvalue weighted by atomic mass is 16.2. The van der Waals surface area contributed by atoms with E-state index in [9.17, 15) is 9.59 Å². The van der Waals surface area contributed by atoms with Gasteiger partial charge in [-0.05, 0) is 13.8 Å². The van der Waals surface area contributed by atoms with E-state index in [1.165, 1.54) is 6.92 Å². The number of carbonyl (C=O) groups is 2. The summed E-state index contributed by atoms with van der Waals surface area (Å²) in [5.41, 5.74) is 4.64. The number of nitrogens with one attached hydrogen (secondary N) is 3. The Kier molecular flexibility index (Phi) is 4.70. The van der Waals surface area contributed by atoms with Crippen LogP contribution >= 0.6 is 0 Å². The van der Waals surface area contributed by atoms with Crippen LogP contribution in [0.25, 0.3) is 0 Å². The van der Waals surface area contributed by atoms with Gasteiger partial charge < -0.3 is 5.32 Å². The first-order chi connectivity index (χ1) is 7.47. The third-order valence-electron chi connectivity index (χ3n) is 2.38.